The van der Waals surface area contributed by atoms with Gasteiger partial charge in [-0.1, -0.05) is 32.1 Å². The first-order chi connectivity index (χ1) is 16.2. The Hall–Kier alpha value is -4.07. The second kappa shape index (κ2) is 10.7. The van der Waals surface area contributed by atoms with E-state index in [0.717, 1.165) is 17.4 Å². The molecule has 2 heterocycles. The van der Waals surface area contributed by atoms with Crippen LogP contribution in [0.2, 0.25) is 0 Å². The Balaban J connectivity index is 1.77. The molecule has 3 aromatic rings. The monoisotopic (exact) mass is 465 g/mol. The van der Waals surface area contributed by atoms with Gasteiger partial charge in [0.1, 0.15) is 28.4 Å². The van der Waals surface area contributed by atoms with Crippen molar-refractivity contribution in [2.24, 2.45) is 0 Å². The van der Waals surface area contributed by atoms with Crippen LogP contribution in [0.15, 0.2) is 61.8 Å². The molecule has 0 aliphatic carbocycles. The zero-order chi connectivity index (χ0) is 24.8. The number of hydrogen-bond donors (Lipinski definition) is 3. The molecule has 0 fully saturated rings. The number of aryl methyl sites for hydroxylation is 1. The highest BCUT2D eigenvalue weighted by atomic mass is 16.4. The molecule has 1 aromatic carbocycles. The maximum Gasteiger partial charge on any atom is 0.408 e. The van der Waals surface area contributed by atoms with E-state index in [1.807, 2.05) is 18.2 Å². The molecule has 1 atom stereocenters. The lowest BCUT2D eigenvalue weighted by Gasteiger charge is -2.11. The highest BCUT2D eigenvalue weighted by molar-refractivity contribution is 6.12. The topological polar surface area (TPSA) is 130 Å². The average Bonchev–Trinajstić information content (AvgIpc) is 3.19. The third kappa shape index (κ3) is 5.83. The molecule has 1 amide bonds. The molecule has 3 rings (SSSR count). The fourth-order valence-electron chi connectivity index (χ4n) is 3.52. The van der Waals surface area contributed by atoms with Crippen LogP contribution in [0.1, 0.15) is 67.0 Å². The third-order valence-corrected chi connectivity index (χ3v) is 5.48. The molecule has 34 heavy (non-hydrogen) atoms. The van der Waals surface area contributed by atoms with E-state index < -0.39 is 28.8 Å². The molecule has 0 spiro atoms. The van der Waals surface area contributed by atoms with Crippen LogP contribution in [0.25, 0.3) is 17.0 Å². The van der Waals surface area contributed by atoms with E-state index in [0.29, 0.717) is 24.2 Å². The number of benzene rings is 1. The minimum atomic E-state index is -1.16. The number of furan rings is 1. The molecule has 0 saturated heterocycles. The SMILES string of the molecule is CCc1ccc2cc(C=C(C)C(=O)c3c(O)cc(C(C)CC/C=C/NC(=O)O)oc3=O)oc2c1. The third-order valence-electron chi connectivity index (χ3n) is 5.48. The van der Waals surface area contributed by atoms with Crippen molar-refractivity contribution in [3.63, 3.8) is 0 Å². The molecule has 0 aliphatic rings. The van der Waals surface area contributed by atoms with Crippen LogP contribution in [0.3, 0.4) is 0 Å². The molecular formula is C26H27NO7. The van der Waals surface area contributed by atoms with Gasteiger partial charge < -0.3 is 19.0 Å². The largest absolute Gasteiger partial charge is 0.507 e. The number of carboxylic acid groups (broad SMARTS) is 1. The molecule has 2 aromatic heterocycles. The van der Waals surface area contributed by atoms with E-state index in [4.69, 9.17) is 13.9 Å². The van der Waals surface area contributed by atoms with E-state index in [9.17, 15) is 19.5 Å². The molecule has 0 bridgehead atoms. The fraction of sp³-hybridized carbons (Fsp3) is 0.269. The van der Waals surface area contributed by atoms with Crippen LogP contribution in [0.5, 0.6) is 5.75 Å². The zero-order valence-corrected chi connectivity index (χ0v) is 19.3. The van der Waals surface area contributed by atoms with Gasteiger partial charge in [-0.25, -0.2) is 9.59 Å². The molecule has 8 nitrogen and oxygen atoms in total. The molecule has 0 aliphatic heterocycles. The van der Waals surface area contributed by atoms with Crippen LogP contribution >= 0.6 is 0 Å². The molecule has 0 saturated carbocycles. The Morgan fingerprint density at radius 3 is 2.62 bits per heavy atom. The summed E-state index contributed by atoms with van der Waals surface area (Å²) >= 11 is 0. The van der Waals surface area contributed by atoms with Gasteiger partial charge in [0.2, 0.25) is 0 Å². The summed E-state index contributed by atoms with van der Waals surface area (Å²) in [5.74, 6) is -0.630. The fourth-order valence-corrected chi connectivity index (χ4v) is 3.52. The van der Waals surface area contributed by atoms with Crippen molar-refractivity contribution in [1.82, 2.24) is 5.32 Å². The minimum Gasteiger partial charge on any atom is -0.507 e. The van der Waals surface area contributed by atoms with Crippen molar-refractivity contribution in [3.05, 3.63) is 81.2 Å². The number of fused-ring (bicyclic) bond motifs is 1. The Morgan fingerprint density at radius 2 is 1.94 bits per heavy atom. The van der Waals surface area contributed by atoms with Crippen LogP contribution in [0, 0.1) is 0 Å². The van der Waals surface area contributed by atoms with E-state index in [1.165, 1.54) is 18.3 Å². The van der Waals surface area contributed by atoms with Crippen molar-refractivity contribution in [2.75, 3.05) is 0 Å². The van der Waals surface area contributed by atoms with Crippen molar-refractivity contribution >= 4 is 28.9 Å². The van der Waals surface area contributed by atoms with Crippen molar-refractivity contribution < 1.29 is 28.6 Å². The number of hydrogen-bond acceptors (Lipinski definition) is 6. The maximum atomic E-state index is 12.9. The summed E-state index contributed by atoms with van der Waals surface area (Å²) in [6, 6.07) is 8.99. The number of carbonyl (C=O) groups is 2. The Labute approximate surface area is 196 Å². The van der Waals surface area contributed by atoms with Crippen molar-refractivity contribution in [1.29, 1.82) is 0 Å². The second-order valence-electron chi connectivity index (χ2n) is 8.06. The summed E-state index contributed by atoms with van der Waals surface area (Å²) < 4.78 is 11.1. The number of Topliss-reactive ketones (excluding diaryl/α,β-unsaturated/α-hetero) is 1. The molecule has 8 heteroatoms. The lowest BCUT2D eigenvalue weighted by atomic mass is 10.00. The zero-order valence-electron chi connectivity index (χ0n) is 19.3. The van der Waals surface area contributed by atoms with Gasteiger partial charge in [0.05, 0.1) is 0 Å². The number of allylic oxidation sites excluding steroid dienone is 2. The van der Waals surface area contributed by atoms with Gasteiger partial charge in [0.25, 0.3) is 0 Å². The first-order valence-corrected chi connectivity index (χ1v) is 11.0. The number of ketones is 1. The van der Waals surface area contributed by atoms with Gasteiger partial charge in [-0.15, -0.1) is 0 Å². The van der Waals surface area contributed by atoms with Crippen molar-refractivity contribution in [3.8, 4) is 5.75 Å². The summed E-state index contributed by atoms with van der Waals surface area (Å²) in [7, 11) is 0. The number of carbonyl (C=O) groups excluding carboxylic acids is 1. The molecule has 1 unspecified atom stereocenters. The minimum absolute atomic E-state index is 0.217. The van der Waals surface area contributed by atoms with Crippen LogP contribution in [-0.4, -0.2) is 22.1 Å². The lowest BCUT2D eigenvalue weighted by molar-refractivity contribution is 0.102. The molecule has 3 N–H and O–H groups in total. The Kier molecular flexibility index (Phi) is 7.73. The highest BCUT2D eigenvalue weighted by Crippen LogP contribution is 2.27. The van der Waals surface area contributed by atoms with Gasteiger partial charge in [-0.05, 0) is 50.0 Å². The average molecular weight is 466 g/mol. The maximum absolute atomic E-state index is 12.9. The van der Waals surface area contributed by atoms with E-state index in [2.05, 4.69) is 12.2 Å². The summed E-state index contributed by atoms with van der Waals surface area (Å²) in [6.07, 6.45) is 5.25. The van der Waals surface area contributed by atoms with Gasteiger partial charge in [-0.2, -0.15) is 0 Å². The predicted molar refractivity (Wildman–Crippen MR) is 128 cm³/mol. The quantitative estimate of drug-likeness (QED) is 0.277. The van der Waals surface area contributed by atoms with E-state index in [-0.39, 0.29) is 17.3 Å². The normalized spacial score (nSPS) is 12.9. The Morgan fingerprint density at radius 1 is 1.18 bits per heavy atom. The first-order valence-electron chi connectivity index (χ1n) is 11.0. The number of rotatable bonds is 9. The van der Waals surface area contributed by atoms with Crippen molar-refractivity contribution in [2.45, 2.75) is 46.0 Å². The summed E-state index contributed by atoms with van der Waals surface area (Å²) in [4.78, 5) is 35.8. The van der Waals surface area contributed by atoms with Crippen LogP contribution < -0.4 is 10.9 Å². The van der Waals surface area contributed by atoms with E-state index >= 15 is 0 Å². The second-order valence-corrected chi connectivity index (χ2v) is 8.06. The van der Waals surface area contributed by atoms with Gasteiger partial charge >= 0.3 is 11.7 Å². The number of amides is 1. The molecular weight excluding hydrogens is 438 g/mol. The number of aromatic hydroxyl groups is 1. The lowest BCUT2D eigenvalue weighted by Crippen LogP contribution is -2.16. The molecule has 0 radical (unpaired) electrons. The standard InChI is InChI=1S/C26H27NO7/c1-4-17-8-9-18-13-19(33-22(18)12-17)11-16(3)24(29)23-20(28)14-21(34-25(23)30)15(2)7-5-6-10-27-26(31)32/h6,8-15,27-28H,4-5,7H2,1-3H3,(H,31,32)/b10-6+,16-11?. The van der Waals surface area contributed by atoms with Gasteiger partial charge in [-0.3, -0.25) is 10.1 Å². The molecule has 178 valence electrons. The predicted octanol–water partition coefficient (Wildman–Crippen LogP) is 5.61. The summed E-state index contributed by atoms with van der Waals surface area (Å²) in [5, 5.41) is 22.0. The van der Waals surface area contributed by atoms with Crippen LogP contribution in [-0.2, 0) is 6.42 Å². The highest BCUT2D eigenvalue weighted by Gasteiger charge is 2.22. The van der Waals surface area contributed by atoms with Crippen LogP contribution in [0.4, 0.5) is 4.79 Å². The van der Waals surface area contributed by atoms with E-state index in [1.54, 1.807) is 26.0 Å². The van der Waals surface area contributed by atoms with Gasteiger partial charge in [0, 0.05) is 29.1 Å². The summed E-state index contributed by atoms with van der Waals surface area (Å²) in [6.45, 7) is 5.39. The summed E-state index contributed by atoms with van der Waals surface area (Å²) in [5.41, 5.74) is 0.712. The van der Waals surface area contributed by atoms with Gasteiger partial charge in [0.15, 0.2) is 5.78 Å². The Bertz CT molecular complexity index is 1330. The first kappa shape index (κ1) is 24.6. The number of nitrogens with one attached hydrogen (secondary N) is 1. The smallest absolute Gasteiger partial charge is 0.408 e.